The van der Waals surface area contributed by atoms with Crippen LogP contribution in [0.5, 0.6) is 0 Å². The molecule has 0 radical (unpaired) electrons. The Balaban J connectivity index is 1.56. The smallest absolute Gasteiger partial charge is 0.267 e. The summed E-state index contributed by atoms with van der Waals surface area (Å²) in [6, 6.07) is 15.2. The summed E-state index contributed by atoms with van der Waals surface area (Å²) in [5.41, 5.74) is 1.23. The van der Waals surface area contributed by atoms with E-state index in [1.165, 1.54) is 36.4 Å². The first kappa shape index (κ1) is 18.5. The van der Waals surface area contributed by atoms with Crippen molar-refractivity contribution in [3.05, 3.63) is 93.0 Å². The number of hydrogen-bond acceptors (Lipinski definition) is 4. The van der Waals surface area contributed by atoms with Crippen molar-refractivity contribution in [3.8, 4) is 0 Å². The van der Waals surface area contributed by atoms with Gasteiger partial charge in [0.15, 0.2) is 0 Å². The standard InChI is InChI=1S/C22H10Cl2N2O4/c23-11-7-8-14-16(9-11)21(29)25(19(14)27)12-3-1-4-13(10-12)26-20(28)15-5-2-6-17(24)18(15)22(26)30/h1-10H. The number of rotatable bonds is 2. The fourth-order valence-electron chi connectivity index (χ4n) is 3.70. The Bertz CT molecular complexity index is 1320. The van der Waals surface area contributed by atoms with Gasteiger partial charge >= 0.3 is 0 Å². The van der Waals surface area contributed by atoms with Gasteiger partial charge in [-0.3, -0.25) is 19.2 Å². The largest absolute Gasteiger partial charge is 0.268 e. The predicted molar refractivity (Wildman–Crippen MR) is 112 cm³/mol. The minimum atomic E-state index is -0.563. The zero-order valence-corrected chi connectivity index (χ0v) is 16.6. The van der Waals surface area contributed by atoms with Crippen LogP contribution < -0.4 is 9.80 Å². The maximum Gasteiger partial charge on any atom is 0.267 e. The van der Waals surface area contributed by atoms with Crippen LogP contribution in [-0.4, -0.2) is 23.6 Å². The molecule has 8 heteroatoms. The molecule has 0 spiro atoms. The van der Waals surface area contributed by atoms with Crippen LogP contribution in [0.2, 0.25) is 10.0 Å². The number of halogens is 2. The fraction of sp³-hybridized carbons (Fsp3) is 0. The lowest BCUT2D eigenvalue weighted by molar-refractivity contribution is 0.0912. The lowest BCUT2D eigenvalue weighted by Gasteiger charge is -2.18. The Labute approximate surface area is 180 Å². The van der Waals surface area contributed by atoms with Crippen molar-refractivity contribution in [3.63, 3.8) is 0 Å². The molecule has 0 bridgehead atoms. The summed E-state index contributed by atoms with van der Waals surface area (Å²) >= 11 is 12.1. The first-order chi connectivity index (χ1) is 14.4. The molecule has 0 saturated carbocycles. The topological polar surface area (TPSA) is 74.8 Å². The first-order valence-corrected chi connectivity index (χ1v) is 9.60. The molecule has 0 atom stereocenters. The summed E-state index contributed by atoms with van der Waals surface area (Å²) in [6.45, 7) is 0. The van der Waals surface area contributed by atoms with Gasteiger partial charge in [0.2, 0.25) is 0 Å². The Hall–Kier alpha value is -3.48. The number of amides is 4. The van der Waals surface area contributed by atoms with E-state index in [2.05, 4.69) is 0 Å². The van der Waals surface area contributed by atoms with Crippen LogP contribution in [0.25, 0.3) is 0 Å². The number of hydrogen-bond donors (Lipinski definition) is 0. The molecule has 0 N–H and O–H groups in total. The summed E-state index contributed by atoms with van der Waals surface area (Å²) in [5.74, 6) is -2.12. The average Bonchev–Trinajstić information content (AvgIpc) is 3.13. The molecular weight excluding hydrogens is 427 g/mol. The van der Waals surface area contributed by atoms with Gasteiger partial charge in [-0.2, -0.15) is 0 Å². The summed E-state index contributed by atoms with van der Waals surface area (Å²) in [6.07, 6.45) is 0. The fourth-order valence-corrected chi connectivity index (χ4v) is 4.12. The van der Waals surface area contributed by atoms with Crippen LogP contribution >= 0.6 is 23.2 Å². The van der Waals surface area contributed by atoms with Gasteiger partial charge in [-0.25, -0.2) is 9.80 Å². The highest BCUT2D eigenvalue weighted by Gasteiger charge is 2.40. The summed E-state index contributed by atoms with van der Waals surface area (Å²) in [4.78, 5) is 53.3. The normalized spacial score (nSPS) is 15.1. The molecule has 0 unspecified atom stereocenters. The van der Waals surface area contributed by atoms with Gasteiger partial charge in [-0.05, 0) is 48.5 Å². The number of carbonyl (C=O) groups is 4. The SMILES string of the molecule is O=C1c2ccc(Cl)cc2C(=O)N1c1cccc(N2C(=O)c3cccc(Cl)c3C2=O)c1. The monoisotopic (exact) mass is 436 g/mol. The molecule has 30 heavy (non-hydrogen) atoms. The van der Waals surface area contributed by atoms with Crippen LogP contribution in [0.1, 0.15) is 41.4 Å². The van der Waals surface area contributed by atoms with Crippen molar-refractivity contribution < 1.29 is 19.2 Å². The second kappa shape index (κ2) is 6.52. The van der Waals surface area contributed by atoms with Crippen molar-refractivity contribution in [1.29, 1.82) is 0 Å². The Morgan fingerprint density at radius 3 is 1.87 bits per heavy atom. The van der Waals surface area contributed by atoms with Crippen LogP contribution in [0.15, 0.2) is 60.7 Å². The minimum Gasteiger partial charge on any atom is -0.268 e. The summed E-state index contributed by atoms with van der Waals surface area (Å²) < 4.78 is 0. The summed E-state index contributed by atoms with van der Waals surface area (Å²) in [7, 11) is 0. The van der Waals surface area contributed by atoms with Crippen LogP contribution in [-0.2, 0) is 0 Å². The van der Waals surface area contributed by atoms with E-state index in [0.29, 0.717) is 5.02 Å². The Kier molecular flexibility index (Phi) is 4.03. The van der Waals surface area contributed by atoms with Gasteiger partial charge in [0.05, 0.1) is 38.7 Å². The number of imide groups is 2. The van der Waals surface area contributed by atoms with Gasteiger partial charge in [0.25, 0.3) is 23.6 Å². The van der Waals surface area contributed by atoms with E-state index in [4.69, 9.17) is 23.2 Å². The third-order valence-corrected chi connectivity index (χ3v) is 5.61. The molecule has 2 heterocycles. The van der Waals surface area contributed by atoms with E-state index in [9.17, 15) is 19.2 Å². The van der Waals surface area contributed by atoms with Gasteiger partial charge < -0.3 is 0 Å². The lowest BCUT2D eigenvalue weighted by Crippen LogP contribution is -2.31. The molecule has 2 aliphatic rings. The van der Waals surface area contributed by atoms with Crippen molar-refractivity contribution in [2.45, 2.75) is 0 Å². The van der Waals surface area contributed by atoms with E-state index in [1.54, 1.807) is 24.3 Å². The minimum absolute atomic E-state index is 0.130. The molecule has 4 amide bonds. The number of benzene rings is 3. The van der Waals surface area contributed by atoms with Crippen LogP contribution in [0.3, 0.4) is 0 Å². The first-order valence-electron chi connectivity index (χ1n) is 8.84. The van der Waals surface area contributed by atoms with Gasteiger partial charge in [-0.1, -0.05) is 35.3 Å². The zero-order chi connectivity index (χ0) is 21.2. The average molecular weight is 437 g/mol. The molecular formula is C22H10Cl2N2O4. The maximum atomic E-state index is 12.9. The number of anilines is 2. The zero-order valence-electron chi connectivity index (χ0n) is 15.1. The van der Waals surface area contributed by atoms with E-state index in [-0.39, 0.29) is 38.7 Å². The molecule has 0 saturated heterocycles. The molecule has 146 valence electrons. The maximum absolute atomic E-state index is 12.9. The third kappa shape index (κ3) is 2.51. The summed E-state index contributed by atoms with van der Waals surface area (Å²) in [5, 5.41) is 0.523. The van der Waals surface area contributed by atoms with Crippen molar-refractivity contribution in [1.82, 2.24) is 0 Å². The molecule has 3 aromatic rings. The molecule has 0 aliphatic carbocycles. The van der Waals surface area contributed by atoms with Crippen molar-refractivity contribution in [2.24, 2.45) is 0 Å². The molecule has 0 aromatic heterocycles. The van der Waals surface area contributed by atoms with E-state index in [1.807, 2.05) is 0 Å². The van der Waals surface area contributed by atoms with E-state index in [0.717, 1.165) is 9.80 Å². The highest BCUT2D eigenvalue weighted by atomic mass is 35.5. The van der Waals surface area contributed by atoms with Crippen LogP contribution in [0.4, 0.5) is 11.4 Å². The quantitative estimate of drug-likeness (QED) is 0.550. The van der Waals surface area contributed by atoms with Gasteiger partial charge in [-0.15, -0.1) is 0 Å². The van der Waals surface area contributed by atoms with E-state index >= 15 is 0 Å². The van der Waals surface area contributed by atoms with Gasteiger partial charge in [0.1, 0.15) is 0 Å². The number of fused-ring (bicyclic) bond motifs is 2. The Morgan fingerprint density at radius 2 is 1.17 bits per heavy atom. The molecule has 0 fully saturated rings. The predicted octanol–water partition coefficient (Wildman–Crippen LogP) is 4.59. The molecule has 5 rings (SSSR count). The van der Waals surface area contributed by atoms with Crippen molar-refractivity contribution >= 4 is 58.2 Å². The van der Waals surface area contributed by atoms with E-state index < -0.39 is 23.6 Å². The number of nitrogens with zero attached hydrogens (tertiary/aromatic N) is 2. The highest BCUT2D eigenvalue weighted by molar-refractivity contribution is 6.42. The molecule has 3 aromatic carbocycles. The number of carbonyl (C=O) groups excluding carboxylic acids is 4. The van der Waals surface area contributed by atoms with Crippen LogP contribution in [0, 0.1) is 0 Å². The molecule has 2 aliphatic heterocycles. The highest BCUT2D eigenvalue weighted by Crippen LogP contribution is 2.36. The second-order valence-corrected chi connectivity index (χ2v) is 7.61. The third-order valence-electron chi connectivity index (χ3n) is 5.06. The second-order valence-electron chi connectivity index (χ2n) is 6.76. The molecule has 6 nitrogen and oxygen atoms in total. The Morgan fingerprint density at radius 1 is 0.567 bits per heavy atom. The van der Waals surface area contributed by atoms with Gasteiger partial charge in [0, 0.05) is 5.02 Å². The van der Waals surface area contributed by atoms with Crippen molar-refractivity contribution in [2.75, 3.05) is 9.80 Å². The lowest BCUT2D eigenvalue weighted by atomic mass is 10.1.